The van der Waals surface area contributed by atoms with Gasteiger partial charge in [-0.05, 0) is 37.6 Å². The summed E-state index contributed by atoms with van der Waals surface area (Å²) in [5.41, 5.74) is 1.33. The average molecular weight is 344 g/mol. The van der Waals surface area contributed by atoms with E-state index in [4.69, 9.17) is 11.6 Å². The molecule has 0 saturated carbocycles. The van der Waals surface area contributed by atoms with E-state index in [0.29, 0.717) is 23.3 Å². The summed E-state index contributed by atoms with van der Waals surface area (Å²) in [5.74, 6) is 0. The largest absolute Gasteiger partial charge is 0.293 e. The van der Waals surface area contributed by atoms with Gasteiger partial charge in [0.1, 0.15) is 5.65 Å². The van der Waals surface area contributed by atoms with E-state index in [0.717, 1.165) is 31.6 Å². The number of hydrogen-bond donors (Lipinski definition) is 0. The minimum Gasteiger partial charge on any atom is -0.293 e. The zero-order valence-electron chi connectivity index (χ0n) is 13.2. The van der Waals surface area contributed by atoms with Crippen LogP contribution < -0.4 is 5.56 Å². The predicted molar refractivity (Wildman–Crippen MR) is 92.1 cm³/mol. The Morgan fingerprint density at radius 2 is 2.25 bits per heavy atom. The fourth-order valence-electron chi connectivity index (χ4n) is 3.35. The monoisotopic (exact) mass is 343 g/mol. The van der Waals surface area contributed by atoms with E-state index in [1.807, 2.05) is 16.9 Å². The molecule has 1 aliphatic rings. The van der Waals surface area contributed by atoms with Crippen LogP contribution in [0.3, 0.4) is 0 Å². The third-order valence-electron chi connectivity index (χ3n) is 4.50. The molecule has 24 heavy (non-hydrogen) atoms. The van der Waals surface area contributed by atoms with Crippen molar-refractivity contribution in [3.63, 3.8) is 0 Å². The minimum atomic E-state index is -0.0969. The van der Waals surface area contributed by atoms with Crippen molar-refractivity contribution in [2.75, 3.05) is 6.54 Å². The average Bonchev–Trinajstić information content (AvgIpc) is 3.21. The molecule has 0 amide bonds. The van der Waals surface area contributed by atoms with Crippen LogP contribution in [0.5, 0.6) is 0 Å². The molecule has 0 N–H and O–H groups in total. The first-order valence-electron chi connectivity index (χ1n) is 8.08. The normalized spacial score (nSPS) is 18.5. The Morgan fingerprint density at radius 3 is 3.08 bits per heavy atom. The lowest BCUT2D eigenvalue weighted by molar-refractivity contribution is 0.217. The van der Waals surface area contributed by atoms with Gasteiger partial charge in [0.15, 0.2) is 0 Å². The molecule has 1 fully saturated rings. The van der Waals surface area contributed by atoms with E-state index in [1.54, 1.807) is 30.6 Å². The standard InChI is InChI=1S/C17H18ClN5O/c18-13-4-5-16-20-14(9-17(24)23(16)10-13)11-21-7-1-3-15(21)12-22-8-2-6-19-22/h2,4-6,8-10,15H,1,3,7,11-12H2/t15-/m0/s1. The lowest BCUT2D eigenvalue weighted by atomic mass is 10.2. The second-order valence-corrected chi connectivity index (χ2v) is 6.59. The zero-order chi connectivity index (χ0) is 16.5. The number of fused-ring (bicyclic) bond motifs is 1. The van der Waals surface area contributed by atoms with Crippen LogP contribution in [0.2, 0.25) is 5.02 Å². The summed E-state index contributed by atoms with van der Waals surface area (Å²) in [4.78, 5) is 19.3. The van der Waals surface area contributed by atoms with Crippen molar-refractivity contribution in [3.05, 3.63) is 63.9 Å². The van der Waals surface area contributed by atoms with Gasteiger partial charge in [-0.3, -0.25) is 18.8 Å². The first kappa shape index (κ1) is 15.4. The van der Waals surface area contributed by atoms with Gasteiger partial charge in [-0.15, -0.1) is 0 Å². The lowest BCUT2D eigenvalue weighted by Gasteiger charge is -2.24. The summed E-state index contributed by atoms with van der Waals surface area (Å²) >= 11 is 5.95. The van der Waals surface area contributed by atoms with Crippen LogP contribution in [0, 0.1) is 0 Å². The van der Waals surface area contributed by atoms with E-state index in [-0.39, 0.29) is 5.56 Å². The first-order valence-corrected chi connectivity index (χ1v) is 8.46. The summed E-state index contributed by atoms with van der Waals surface area (Å²) < 4.78 is 3.45. The highest BCUT2D eigenvalue weighted by molar-refractivity contribution is 6.30. The fraction of sp³-hybridized carbons (Fsp3) is 0.353. The Bertz CT molecular complexity index is 905. The Labute approximate surface area is 144 Å². The Morgan fingerprint density at radius 1 is 1.33 bits per heavy atom. The SMILES string of the molecule is O=c1cc(CN2CCC[C@H]2Cn2cccn2)nc2ccc(Cl)cn12. The molecule has 0 bridgehead atoms. The summed E-state index contributed by atoms with van der Waals surface area (Å²) in [6, 6.07) is 7.50. The van der Waals surface area contributed by atoms with E-state index in [1.165, 1.54) is 4.40 Å². The van der Waals surface area contributed by atoms with Crippen LogP contribution in [0.4, 0.5) is 0 Å². The minimum absolute atomic E-state index is 0.0969. The van der Waals surface area contributed by atoms with Gasteiger partial charge >= 0.3 is 0 Å². The molecule has 7 heteroatoms. The number of hydrogen-bond acceptors (Lipinski definition) is 4. The van der Waals surface area contributed by atoms with Crippen LogP contribution in [0.25, 0.3) is 5.65 Å². The Kier molecular flexibility index (Phi) is 4.08. The first-order chi connectivity index (χ1) is 11.7. The summed E-state index contributed by atoms with van der Waals surface area (Å²) in [7, 11) is 0. The molecule has 6 nitrogen and oxygen atoms in total. The molecule has 4 heterocycles. The molecular weight excluding hydrogens is 326 g/mol. The van der Waals surface area contributed by atoms with Crippen molar-refractivity contribution in [1.29, 1.82) is 0 Å². The van der Waals surface area contributed by atoms with Gasteiger partial charge in [-0.25, -0.2) is 4.98 Å². The van der Waals surface area contributed by atoms with E-state index >= 15 is 0 Å². The molecule has 3 aromatic rings. The van der Waals surface area contributed by atoms with Gasteiger partial charge in [0, 0.05) is 37.2 Å². The summed E-state index contributed by atoms with van der Waals surface area (Å²) in [6.45, 7) is 2.57. The van der Waals surface area contributed by atoms with Gasteiger partial charge < -0.3 is 0 Å². The zero-order valence-corrected chi connectivity index (χ0v) is 13.9. The Hall–Kier alpha value is -2.18. The van der Waals surface area contributed by atoms with Crippen molar-refractivity contribution in [2.24, 2.45) is 0 Å². The molecule has 124 valence electrons. The van der Waals surface area contributed by atoms with Crippen molar-refractivity contribution in [2.45, 2.75) is 32.0 Å². The van der Waals surface area contributed by atoms with Gasteiger partial charge in [-0.1, -0.05) is 11.6 Å². The van der Waals surface area contributed by atoms with Crippen LogP contribution in [-0.4, -0.2) is 36.7 Å². The maximum Gasteiger partial charge on any atom is 0.258 e. The van der Waals surface area contributed by atoms with Crippen LogP contribution in [0.15, 0.2) is 47.7 Å². The summed E-state index contributed by atoms with van der Waals surface area (Å²) in [6.07, 6.45) is 7.69. The smallest absolute Gasteiger partial charge is 0.258 e. The number of rotatable bonds is 4. The molecule has 0 spiro atoms. The van der Waals surface area contributed by atoms with Crippen LogP contribution >= 0.6 is 11.6 Å². The number of pyridine rings is 1. The van der Waals surface area contributed by atoms with Crippen molar-refractivity contribution < 1.29 is 0 Å². The molecule has 4 rings (SSSR count). The van der Waals surface area contributed by atoms with Gasteiger partial charge in [0.25, 0.3) is 5.56 Å². The van der Waals surface area contributed by atoms with Gasteiger partial charge in [0.05, 0.1) is 17.3 Å². The Balaban J connectivity index is 1.57. The molecule has 0 unspecified atom stereocenters. The number of aromatic nitrogens is 4. The molecule has 0 radical (unpaired) electrons. The second kappa shape index (κ2) is 6.37. The highest BCUT2D eigenvalue weighted by Crippen LogP contribution is 2.20. The quantitative estimate of drug-likeness (QED) is 0.729. The predicted octanol–water partition coefficient (Wildman–Crippen LogP) is 2.21. The molecule has 1 aliphatic heterocycles. The third kappa shape index (κ3) is 3.07. The van der Waals surface area contributed by atoms with E-state index in [2.05, 4.69) is 15.0 Å². The van der Waals surface area contributed by atoms with E-state index in [9.17, 15) is 4.79 Å². The maximum atomic E-state index is 12.3. The lowest BCUT2D eigenvalue weighted by Crippen LogP contribution is -2.33. The van der Waals surface area contributed by atoms with Gasteiger partial charge in [0.2, 0.25) is 0 Å². The fourth-order valence-corrected chi connectivity index (χ4v) is 3.51. The molecule has 3 aromatic heterocycles. The highest BCUT2D eigenvalue weighted by atomic mass is 35.5. The molecule has 0 aliphatic carbocycles. The van der Waals surface area contributed by atoms with Crippen molar-refractivity contribution in [3.8, 4) is 0 Å². The number of halogens is 1. The highest BCUT2D eigenvalue weighted by Gasteiger charge is 2.25. The summed E-state index contributed by atoms with van der Waals surface area (Å²) in [5, 5.41) is 4.82. The van der Waals surface area contributed by atoms with Crippen molar-refractivity contribution >= 4 is 17.2 Å². The van der Waals surface area contributed by atoms with Crippen LogP contribution in [0.1, 0.15) is 18.5 Å². The molecular formula is C17H18ClN5O. The van der Waals surface area contributed by atoms with Crippen LogP contribution in [-0.2, 0) is 13.1 Å². The number of likely N-dealkylation sites (tertiary alicyclic amines) is 1. The third-order valence-corrected chi connectivity index (χ3v) is 4.72. The topological polar surface area (TPSA) is 55.4 Å². The second-order valence-electron chi connectivity index (χ2n) is 6.16. The maximum absolute atomic E-state index is 12.3. The molecule has 1 saturated heterocycles. The number of nitrogens with zero attached hydrogens (tertiary/aromatic N) is 5. The molecule has 1 atom stereocenters. The van der Waals surface area contributed by atoms with Gasteiger partial charge in [-0.2, -0.15) is 5.10 Å². The molecule has 0 aromatic carbocycles. The van der Waals surface area contributed by atoms with E-state index < -0.39 is 0 Å². The van der Waals surface area contributed by atoms with Crippen molar-refractivity contribution in [1.82, 2.24) is 24.1 Å².